The molecule has 0 aliphatic heterocycles. The number of rotatable bonds is 4. The van der Waals surface area contributed by atoms with Crippen molar-refractivity contribution in [2.45, 2.75) is 63.7 Å². The summed E-state index contributed by atoms with van der Waals surface area (Å²) < 4.78 is 5.40. The molecule has 3 unspecified atom stereocenters. The quantitative estimate of drug-likeness (QED) is 0.921. The highest BCUT2D eigenvalue weighted by Gasteiger charge is 2.45. The minimum Gasteiger partial charge on any atom is -0.481 e. The molecule has 1 N–H and O–H groups in total. The molecule has 0 radical (unpaired) electrons. The summed E-state index contributed by atoms with van der Waals surface area (Å²) in [6, 6.07) is 0. The summed E-state index contributed by atoms with van der Waals surface area (Å²) in [5, 5.41) is 13.7. The van der Waals surface area contributed by atoms with E-state index in [2.05, 4.69) is 10.1 Å². The van der Waals surface area contributed by atoms with Crippen LogP contribution in [0.5, 0.6) is 0 Å². The third-order valence-electron chi connectivity index (χ3n) is 6.06. The third kappa shape index (κ3) is 2.17. The van der Waals surface area contributed by atoms with Crippen molar-refractivity contribution in [1.82, 2.24) is 10.1 Å². The number of carboxylic acid groups (broad SMARTS) is 1. The molecular formula is C16H22N2O3. The molecule has 3 atom stereocenters. The van der Waals surface area contributed by atoms with E-state index in [4.69, 9.17) is 4.52 Å². The zero-order valence-electron chi connectivity index (χ0n) is 12.3. The Balaban J connectivity index is 1.51. The maximum absolute atomic E-state index is 11.6. The Hall–Kier alpha value is -1.39. The molecule has 0 amide bonds. The fourth-order valence-electron chi connectivity index (χ4n) is 4.86. The first-order valence-electron chi connectivity index (χ1n) is 8.22. The summed E-state index contributed by atoms with van der Waals surface area (Å²) in [6.45, 7) is 0. The van der Waals surface area contributed by atoms with Crippen LogP contribution in [0.25, 0.3) is 0 Å². The molecule has 1 heterocycles. The van der Waals surface area contributed by atoms with Gasteiger partial charge < -0.3 is 9.63 Å². The van der Waals surface area contributed by atoms with Crippen molar-refractivity contribution >= 4 is 5.97 Å². The van der Waals surface area contributed by atoms with Crippen molar-refractivity contribution < 1.29 is 14.4 Å². The zero-order valence-corrected chi connectivity index (χ0v) is 12.3. The SMILES string of the molecule is O=C(O)C1(Cc2nc(C3CC4CCC3C4)no2)CCCC1. The van der Waals surface area contributed by atoms with Gasteiger partial charge in [0.2, 0.25) is 5.89 Å². The molecule has 3 fully saturated rings. The first kappa shape index (κ1) is 13.3. The normalized spacial score (nSPS) is 33.6. The van der Waals surface area contributed by atoms with E-state index in [1.54, 1.807) is 0 Å². The molecule has 1 aromatic heterocycles. The maximum Gasteiger partial charge on any atom is 0.310 e. The number of carboxylic acids is 1. The molecule has 0 spiro atoms. The Labute approximate surface area is 124 Å². The molecule has 3 saturated carbocycles. The number of nitrogens with zero attached hydrogens (tertiary/aromatic N) is 2. The predicted octanol–water partition coefficient (Wildman–Crippen LogP) is 3.16. The molecule has 0 saturated heterocycles. The van der Waals surface area contributed by atoms with Crippen molar-refractivity contribution in [1.29, 1.82) is 0 Å². The first-order chi connectivity index (χ1) is 10.2. The van der Waals surface area contributed by atoms with Crippen LogP contribution < -0.4 is 0 Å². The summed E-state index contributed by atoms with van der Waals surface area (Å²) >= 11 is 0. The van der Waals surface area contributed by atoms with Gasteiger partial charge in [-0.3, -0.25) is 4.79 Å². The Kier molecular flexibility index (Phi) is 3.05. The van der Waals surface area contributed by atoms with Crippen LogP contribution in [0, 0.1) is 17.3 Å². The lowest BCUT2D eigenvalue weighted by Gasteiger charge is -2.21. The van der Waals surface area contributed by atoms with Crippen molar-refractivity contribution in [2.24, 2.45) is 17.3 Å². The topological polar surface area (TPSA) is 76.2 Å². The van der Waals surface area contributed by atoms with Crippen LogP contribution in [0.15, 0.2) is 4.52 Å². The summed E-state index contributed by atoms with van der Waals surface area (Å²) in [6.07, 6.45) is 8.98. The molecule has 2 bridgehead atoms. The van der Waals surface area contributed by atoms with E-state index in [1.165, 1.54) is 25.7 Å². The van der Waals surface area contributed by atoms with Gasteiger partial charge in [-0.05, 0) is 43.9 Å². The molecule has 3 aliphatic rings. The Morgan fingerprint density at radius 1 is 1.29 bits per heavy atom. The number of carbonyl (C=O) groups is 1. The maximum atomic E-state index is 11.6. The molecule has 1 aromatic rings. The van der Waals surface area contributed by atoms with Gasteiger partial charge in [0.05, 0.1) is 5.41 Å². The Bertz CT molecular complexity index is 547. The third-order valence-corrected chi connectivity index (χ3v) is 6.06. The lowest BCUT2D eigenvalue weighted by Crippen LogP contribution is -2.30. The van der Waals surface area contributed by atoms with E-state index in [9.17, 15) is 9.90 Å². The largest absolute Gasteiger partial charge is 0.481 e. The highest BCUT2D eigenvalue weighted by molar-refractivity contribution is 5.75. The molecule has 5 nitrogen and oxygen atoms in total. The second-order valence-electron chi connectivity index (χ2n) is 7.30. The zero-order chi connectivity index (χ0) is 14.4. The lowest BCUT2D eigenvalue weighted by molar-refractivity contribution is -0.148. The van der Waals surface area contributed by atoms with Crippen LogP contribution in [-0.4, -0.2) is 21.2 Å². The van der Waals surface area contributed by atoms with Gasteiger partial charge in [-0.15, -0.1) is 0 Å². The van der Waals surface area contributed by atoms with Crippen molar-refractivity contribution in [3.8, 4) is 0 Å². The van der Waals surface area contributed by atoms with Gasteiger partial charge in [0.25, 0.3) is 0 Å². The van der Waals surface area contributed by atoms with E-state index >= 15 is 0 Å². The van der Waals surface area contributed by atoms with Crippen LogP contribution in [0.2, 0.25) is 0 Å². The summed E-state index contributed by atoms with van der Waals surface area (Å²) in [4.78, 5) is 16.2. The Morgan fingerprint density at radius 3 is 2.71 bits per heavy atom. The highest BCUT2D eigenvalue weighted by Crippen LogP contribution is 2.52. The number of hydrogen-bond acceptors (Lipinski definition) is 4. The molecule has 0 aromatic carbocycles. The molecular weight excluding hydrogens is 268 g/mol. The molecule has 3 aliphatic carbocycles. The fraction of sp³-hybridized carbons (Fsp3) is 0.812. The average molecular weight is 290 g/mol. The van der Waals surface area contributed by atoms with Crippen LogP contribution in [0.3, 0.4) is 0 Å². The van der Waals surface area contributed by atoms with Crippen LogP contribution in [-0.2, 0) is 11.2 Å². The average Bonchev–Trinajstić information content (AvgIpc) is 3.23. The number of aromatic nitrogens is 2. The minimum atomic E-state index is -0.709. The number of hydrogen-bond donors (Lipinski definition) is 1. The molecule has 114 valence electrons. The van der Waals surface area contributed by atoms with Gasteiger partial charge in [0.15, 0.2) is 5.82 Å². The second-order valence-corrected chi connectivity index (χ2v) is 7.30. The molecule has 4 rings (SSSR count). The fourth-order valence-corrected chi connectivity index (χ4v) is 4.86. The van der Waals surface area contributed by atoms with E-state index < -0.39 is 11.4 Å². The monoisotopic (exact) mass is 290 g/mol. The summed E-state index contributed by atoms with van der Waals surface area (Å²) in [5.41, 5.74) is -0.668. The standard InChI is InChI=1S/C16H22N2O3/c19-15(20)16(5-1-2-6-16)9-13-17-14(18-21-13)12-8-10-3-4-11(12)7-10/h10-12H,1-9H2,(H,19,20). The summed E-state index contributed by atoms with van der Waals surface area (Å²) in [7, 11) is 0. The van der Waals surface area contributed by atoms with Gasteiger partial charge in [-0.25, -0.2) is 0 Å². The van der Waals surface area contributed by atoms with E-state index in [0.717, 1.165) is 43.3 Å². The van der Waals surface area contributed by atoms with E-state index in [-0.39, 0.29) is 0 Å². The minimum absolute atomic E-state index is 0.399. The molecule has 5 heteroatoms. The van der Waals surface area contributed by atoms with Gasteiger partial charge >= 0.3 is 5.97 Å². The molecule has 21 heavy (non-hydrogen) atoms. The van der Waals surface area contributed by atoms with Crippen LogP contribution in [0.1, 0.15) is 69.0 Å². The number of aliphatic carboxylic acids is 1. The van der Waals surface area contributed by atoms with Crippen molar-refractivity contribution in [3.63, 3.8) is 0 Å². The highest BCUT2D eigenvalue weighted by atomic mass is 16.5. The van der Waals surface area contributed by atoms with Crippen molar-refractivity contribution in [3.05, 3.63) is 11.7 Å². The first-order valence-corrected chi connectivity index (χ1v) is 8.22. The van der Waals surface area contributed by atoms with E-state index in [1.807, 2.05) is 0 Å². The predicted molar refractivity (Wildman–Crippen MR) is 74.7 cm³/mol. The van der Waals surface area contributed by atoms with Crippen molar-refractivity contribution in [2.75, 3.05) is 0 Å². The van der Waals surface area contributed by atoms with Gasteiger partial charge in [-0.1, -0.05) is 24.4 Å². The van der Waals surface area contributed by atoms with Gasteiger partial charge in [0, 0.05) is 12.3 Å². The summed E-state index contributed by atoms with van der Waals surface area (Å²) in [5.74, 6) is 2.67. The Morgan fingerprint density at radius 2 is 2.10 bits per heavy atom. The van der Waals surface area contributed by atoms with Crippen LogP contribution >= 0.6 is 0 Å². The van der Waals surface area contributed by atoms with Gasteiger partial charge in [0.1, 0.15) is 0 Å². The van der Waals surface area contributed by atoms with Gasteiger partial charge in [-0.2, -0.15) is 4.98 Å². The number of fused-ring (bicyclic) bond motifs is 2. The smallest absolute Gasteiger partial charge is 0.310 e. The van der Waals surface area contributed by atoms with Crippen LogP contribution in [0.4, 0.5) is 0 Å². The lowest BCUT2D eigenvalue weighted by atomic mass is 9.83. The second kappa shape index (κ2) is 4.82. The van der Waals surface area contributed by atoms with E-state index in [0.29, 0.717) is 18.2 Å².